The minimum atomic E-state index is 0.689. The molecule has 0 aromatic carbocycles. The van der Waals surface area contributed by atoms with Gasteiger partial charge in [-0.2, -0.15) is 0 Å². The molecule has 0 saturated heterocycles. The quantitative estimate of drug-likeness (QED) is 0.583. The largest absolute Gasteiger partial charge is 0.329 e. The third-order valence-corrected chi connectivity index (χ3v) is 2.16. The second-order valence-corrected chi connectivity index (χ2v) is 3.09. The zero-order chi connectivity index (χ0) is 9.26. The number of rotatable bonds is 2. The molecule has 4 heteroatoms. The van der Waals surface area contributed by atoms with E-state index in [2.05, 4.69) is 16.5 Å². The molecule has 0 atom stereocenters. The minimum absolute atomic E-state index is 0.689. The molecule has 0 fully saturated rings. The highest BCUT2D eigenvalue weighted by molar-refractivity contribution is 7.71. The highest BCUT2D eigenvalue weighted by Crippen LogP contribution is 2.09. The van der Waals surface area contributed by atoms with Gasteiger partial charge >= 0.3 is 0 Å². The van der Waals surface area contributed by atoms with Gasteiger partial charge < -0.3 is 4.98 Å². The Morgan fingerprint density at radius 1 is 1.69 bits per heavy atom. The zero-order valence-electron chi connectivity index (χ0n) is 7.03. The Bertz CT molecular complexity index is 495. The van der Waals surface area contributed by atoms with Crippen LogP contribution in [0.4, 0.5) is 0 Å². The summed E-state index contributed by atoms with van der Waals surface area (Å²) in [6, 6.07) is 3.84. The molecule has 66 valence electrons. The molecule has 0 bridgehead atoms. The van der Waals surface area contributed by atoms with Crippen LogP contribution in [0.1, 0.15) is 0 Å². The van der Waals surface area contributed by atoms with Gasteiger partial charge in [-0.05, 0) is 24.4 Å². The molecule has 1 N–H and O–H groups in total. The van der Waals surface area contributed by atoms with Crippen molar-refractivity contribution in [2.45, 2.75) is 6.54 Å². The normalized spacial score (nSPS) is 10.5. The topological polar surface area (TPSA) is 33.6 Å². The molecule has 0 spiro atoms. The molecule has 0 aliphatic heterocycles. The summed E-state index contributed by atoms with van der Waals surface area (Å²) in [5, 5.41) is 0. The van der Waals surface area contributed by atoms with Gasteiger partial charge in [-0.15, -0.1) is 6.58 Å². The Morgan fingerprint density at radius 2 is 2.54 bits per heavy atom. The summed E-state index contributed by atoms with van der Waals surface area (Å²) >= 11 is 5.14. The molecule has 13 heavy (non-hydrogen) atoms. The molecule has 0 amide bonds. The Balaban J connectivity index is 2.78. The van der Waals surface area contributed by atoms with Crippen molar-refractivity contribution >= 4 is 23.4 Å². The lowest BCUT2D eigenvalue weighted by molar-refractivity contribution is 0.825. The van der Waals surface area contributed by atoms with Crippen molar-refractivity contribution in [3.05, 3.63) is 35.8 Å². The van der Waals surface area contributed by atoms with Crippen molar-refractivity contribution in [1.29, 1.82) is 0 Å². The van der Waals surface area contributed by atoms with Gasteiger partial charge in [0, 0.05) is 12.7 Å². The van der Waals surface area contributed by atoms with Crippen molar-refractivity contribution in [3.8, 4) is 0 Å². The average Bonchev–Trinajstić information content (AvgIpc) is 2.44. The van der Waals surface area contributed by atoms with E-state index < -0.39 is 0 Å². The molecular weight excluding hydrogens is 182 g/mol. The smallest absolute Gasteiger partial charge is 0.179 e. The first-order valence-electron chi connectivity index (χ1n) is 3.97. The van der Waals surface area contributed by atoms with Gasteiger partial charge in [0.2, 0.25) is 0 Å². The fraction of sp³-hybridized carbons (Fsp3) is 0.111. The maximum atomic E-state index is 5.14. The van der Waals surface area contributed by atoms with Crippen LogP contribution in [0.5, 0.6) is 0 Å². The number of nitrogens with one attached hydrogen (secondary N) is 1. The van der Waals surface area contributed by atoms with Crippen molar-refractivity contribution < 1.29 is 0 Å². The van der Waals surface area contributed by atoms with Gasteiger partial charge in [0.05, 0.1) is 5.52 Å². The lowest BCUT2D eigenvalue weighted by atomic mass is 10.4. The van der Waals surface area contributed by atoms with Crippen LogP contribution >= 0.6 is 12.2 Å². The molecule has 0 aliphatic carbocycles. The first-order valence-corrected chi connectivity index (χ1v) is 4.38. The number of pyridine rings is 1. The second kappa shape index (κ2) is 3.14. The van der Waals surface area contributed by atoms with Gasteiger partial charge in [0.25, 0.3) is 0 Å². The second-order valence-electron chi connectivity index (χ2n) is 2.70. The number of nitrogens with zero attached hydrogens (tertiary/aromatic N) is 2. The molecule has 0 aliphatic rings. The van der Waals surface area contributed by atoms with Crippen LogP contribution in [0.25, 0.3) is 11.2 Å². The molecule has 3 nitrogen and oxygen atoms in total. The summed E-state index contributed by atoms with van der Waals surface area (Å²) in [6.07, 6.45) is 3.56. The Kier molecular flexibility index (Phi) is 1.98. The molecule has 2 aromatic heterocycles. The predicted molar refractivity (Wildman–Crippen MR) is 55.1 cm³/mol. The average molecular weight is 191 g/mol. The minimum Gasteiger partial charge on any atom is -0.329 e. The Hall–Kier alpha value is -1.42. The SMILES string of the molecule is C=CCn1c(=S)[nH]c2cccnc21. The number of hydrogen-bond acceptors (Lipinski definition) is 2. The number of H-pyrrole nitrogens is 1. The van der Waals surface area contributed by atoms with Crippen LogP contribution in [0.3, 0.4) is 0 Å². The lowest BCUT2D eigenvalue weighted by Gasteiger charge is -1.96. The summed E-state index contributed by atoms with van der Waals surface area (Å²) in [4.78, 5) is 7.32. The summed E-state index contributed by atoms with van der Waals surface area (Å²) in [7, 11) is 0. The third kappa shape index (κ3) is 1.29. The highest BCUT2D eigenvalue weighted by Gasteiger charge is 2.01. The summed E-state index contributed by atoms with van der Waals surface area (Å²) in [5.41, 5.74) is 1.85. The number of hydrogen-bond donors (Lipinski definition) is 1. The van der Waals surface area contributed by atoms with Crippen LogP contribution in [0.15, 0.2) is 31.0 Å². The fourth-order valence-corrected chi connectivity index (χ4v) is 1.56. The fourth-order valence-electron chi connectivity index (χ4n) is 1.29. The number of imidazole rings is 1. The molecule has 0 unspecified atom stereocenters. The number of allylic oxidation sites excluding steroid dienone is 1. The summed E-state index contributed by atoms with van der Waals surface area (Å²) in [6.45, 7) is 4.37. The predicted octanol–water partition coefficient (Wildman–Crippen LogP) is 2.28. The molecule has 0 radical (unpaired) electrons. The molecule has 2 rings (SSSR count). The van der Waals surface area contributed by atoms with E-state index in [1.165, 1.54) is 0 Å². The van der Waals surface area contributed by atoms with E-state index in [1.54, 1.807) is 12.3 Å². The lowest BCUT2D eigenvalue weighted by Crippen LogP contribution is -1.95. The molecular formula is C9H9N3S. The Labute approximate surface area is 80.7 Å². The Morgan fingerprint density at radius 3 is 3.31 bits per heavy atom. The van der Waals surface area contributed by atoms with Crippen molar-refractivity contribution in [2.24, 2.45) is 0 Å². The van der Waals surface area contributed by atoms with Gasteiger partial charge in [0.15, 0.2) is 10.4 Å². The van der Waals surface area contributed by atoms with E-state index in [0.717, 1.165) is 11.2 Å². The molecule has 2 aromatic rings. The van der Waals surface area contributed by atoms with Crippen LogP contribution in [0.2, 0.25) is 0 Å². The maximum absolute atomic E-state index is 5.14. The van der Waals surface area contributed by atoms with Crippen LogP contribution in [-0.4, -0.2) is 14.5 Å². The van der Waals surface area contributed by atoms with E-state index in [1.807, 2.05) is 16.7 Å². The number of aromatic amines is 1. The van der Waals surface area contributed by atoms with Gasteiger partial charge in [-0.25, -0.2) is 4.98 Å². The van der Waals surface area contributed by atoms with E-state index in [9.17, 15) is 0 Å². The number of aromatic nitrogens is 3. The van der Waals surface area contributed by atoms with Crippen LogP contribution in [0, 0.1) is 4.77 Å². The maximum Gasteiger partial charge on any atom is 0.179 e. The van der Waals surface area contributed by atoms with Crippen LogP contribution in [-0.2, 0) is 6.54 Å². The number of fused-ring (bicyclic) bond motifs is 1. The van der Waals surface area contributed by atoms with Crippen molar-refractivity contribution in [3.63, 3.8) is 0 Å². The molecule has 0 saturated carbocycles. The van der Waals surface area contributed by atoms with Crippen molar-refractivity contribution in [2.75, 3.05) is 0 Å². The summed E-state index contributed by atoms with van der Waals surface area (Å²) in [5.74, 6) is 0. The monoisotopic (exact) mass is 191 g/mol. The summed E-state index contributed by atoms with van der Waals surface area (Å²) < 4.78 is 2.60. The zero-order valence-corrected chi connectivity index (χ0v) is 7.84. The van der Waals surface area contributed by atoms with Gasteiger partial charge in [-0.1, -0.05) is 6.08 Å². The van der Waals surface area contributed by atoms with E-state index in [4.69, 9.17) is 12.2 Å². The van der Waals surface area contributed by atoms with E-state index >= 15 is 0 Å². The standard InChI is InChI=1S/C9H9N3S/c1-2-6-12-8-7(11-9(12)13)4-3-5-10-8/h2-5H,1,6H2,(H,11,13). The van der Waals surface area contributed by atoms with Gasteiger partial charge in [0.1, 0.15) is 0 Å². The van der Waals surface area contributed by atoms with E-state index in [-0.39, 0.29) is 0 Å². The van der Waals surface area contributed by atoms with Crippen LogP contribution < -0.4 is 0 Å². The van der Waals surface area contributed by atoms with Gasteiger partial charge in [-0.3, -0.25) is 4.57 Å². The first-order chi connectivity index (χ1) is 6.33. The van der Waals surface area contributed by atoms with E-state index in [0.29, 0.717) is 11.3 Å². The third-order valence-electron chi connectivity index (χ3n) is 1.84. The first kappa shape index (κ1) is 8.19. The highest BCUT2D eigenvalue weighted by atomic mass is 32.1. The van der Waals surface area contributed by atoms with Crippen molar-refractivity contribution in [1.82, 2.24) is 14.5 Å². The molecule has 2 heterocycles.